The molecule has 1 aromatic heterocycles. The number of nitrogens with two attached hydrogens (primary N) is 1. The SMILES string of the molecule is CCOc1ccc(-c2c(C#N)c(N)nc(OC)c2C#N)cc1. The molecule has 22 heavy (non-hydrogen) atoms. The third kappa shape index (κ3) is 2.63. The van der Waals surface area contributed by atoms with E-state index in [1.54, 1.807) is 24.3 Å². The van der Waals surface area contributed by atoms with Crippen LogP contribution < -0.4 is 15.2 Å². The molecule has 0 aliphatic heterocycles. The Morgan fingerprint density at radius 2 is 1.77 bits per heavy atom. The molecule has 0 radical (unpaired) electrons. The van der Waals surface area contributed by atoms with Crippen LogP contribution in [0.15, 0.2) is 24.3 Å². The Kier molecular flexibility index (Phi) is 4.45. The van der Waals surface area contributed by atoms with Gasteiger partial charge in [-0.2, -0.15) is 15.5 Å². The fraction of sp³-hybridized carbons (Fsp3) is 0.188. The third-order valence-corrected chi connectivity index (χ3v) is 3.06. The van der Waals surface area contributed by atoms with E-state index in [0.29, 0.717) is 23.5 Å². The van der Waals surface area contributed by atoms with Crippen molar-refractivity contribution < 1.29 is 9.47 Å². The summed E-state index contributed by atoms with van der Waals surface area (Å²) in [5.74, 6) is 0.836. The second kappa shape index (κ2) is 6.47. The van der Waals surface area contributed by atoms with Crippen LogP contribution in [-0.4, -0.2) is 18.7 Å². The van der Waals surface area contributed by atoms with Gasteiger partial charge in [0.2, 0.25) is 5.88 Å². The normalized spacial score (nSPS) is 9.64. The van der Waals surface area contributed by atoms with Gasteiger partial charge in [0.05, 0.1) is 13.7 Å². The molecule has 6 heteroatoms. The Hall–Kier alpha value is -3.25. The van der Waals surface area contributed by atoms with Crippen LogP contribution in [0.25, 0.3) is 11.1 Å². The van der Waals surface area contributed by atoms with Gasteiger partial charge in [-0.1, -0.05) is 12.1 Å². The summed E-state index contributed by atoms with van der Waals surface area (Å²) in [6.07, 6.45) is 0. The smallest absolute Gasteiger partial charge is 0.234 e. The summed E-state index contributed by atoms with van der Waals surface area (Å²) in [4.78, 5) is 3.95. The summed E-state index contributed by atoms with van der Waals surface area (Å²) >= 11 is 0. The number of nitrogens with zero attached hydrogens (tertiary/aromatic N) is 3. The van der Waals surface area contributed by atoms with Gasteiger partial charge in [0.1, 0.15) is 34.8 Å². The number of aromatic nitrogens is 1. The molecule has 0 aliphatic rings. The fourth-order valence-corrected chi connectivity index (χ4v) is 2.12. The van der Waals surface area contributed by atoms with E-state index in [9.17, 15) is 10.5 Å². The number of rotatable bonds is 4. The van der Waals surface area contributed by atoms with Gasteiger partial charge in [-0.05, 0) is 24.6 Å². The van der Waals surface area contributed by atoms with Crippen molar-refractivity contribution in [3.8, 4) is 34.9 Å². The van der Waals surface area contributed by atoms with E-state index in [-0.39, 0.29) is 22.8 Å². The van der Waals surface area contributed by atoms with Gasteiger partial charge in [0.15, 0.2) is 0 Å². The molecule has 0 spiro atoms. The van der Waals surface area contributed by atoms with E-state index in [0.717, 1.165) is 0 Å². The van der Waals surface area contributed by atoms with E-state index in [4.69, 9.17) is 15.2 Å². The first kappa shape index (κ1) is 15.1. The predicted molar refractivity (Wildman–Crippen MR) is 81.2 cm³/mol. The lowest BCUT2D eigenvalue weighted by atomic mass is 9.96. The molecule has 2 N–H and O–H groups in total. The lowest BCUT2D eigenvalue weighted by Gasteiger charge is -2.12. The summed E-state index contributed by atoms with van der Waals surface area (Å²) in [7, 11) is 1.40. The number of pyridine rings is 1. The molecule has 0 amide bonds. The summed E-state index contributed by atoms with van der Waals surface area (Å²) in [6, 6.07) is 11.1. The summed E-state index contributed by atoms with van der Waals surface area (Å²) < 4.78 is 10.5. The van der Waals surface area contributed by atoms with Crippen LogP contribution >= 0.6 is 0 Å². The van der Waals surface area contributed by atoms with Crippen LogP contribution in [0.4, 0.5) is 5.82 Å². The number of ether oxygens (including phenoxy) is 2. The van der Waals surface area contributed by atoms with Gasteiger partial charge in [0.25, 0.3) is 0 Å². The second-order valence-electron chi connectivity index (χ2n) is 4.31. The molecule has 0 bridgehead atoms. The first-order valence-corrected chi connectivity index (χ1v) is 6.57. The van der Waals surface area contributed by atoms with E-state index >= 15 is 0 Å². The number of nitriles is 2. The number of anilines is 1. The fourth-order valence-electron chi connectivity index (χ4n) is 2.12. The maximum atomic E-state index is 9.40. The Morgan fingerprint density at radius 3 is 2.27 bits per heavy atom. The zero-order chi connectivity index (χ0) is 16.1. The minimum atomic E-state index is 0.0298. The van der Waals surface area contributed by atoms with Crippen molar-refractivity contribution >= 4 is 5.82 Å². The highest BCUT2D eigenvalue weighted by molar-refractivity contribution is 5.82. The molecule has 110 valence electrons. The van der Waals surface area contributed by atoms with Crippen LogP contribution in [0.5, 0.6) is 11.6 Å². The molecule has 0 saturated carbocycles. The second-order valence-corrected chi connectivity index (χ2v) is 4.31. The first-order chi connectivity index (χ1) is 10.7. The molecular weight excluding hydrogens is 280 g/mol. The molecular formula is C16H14N4O2. The minimum absolute atomic E-state index is 0.0298. The van der Waals surface area contributed by atoms with E-state index in [2.05, 4.69) is 4.98 Å². The molecule has 0 aliphatic carbocycles. The average Bonchev–Trinajstić information content (AvgIpc) is 2.54. The molecule has 0 atom stereocenters. The summed E-state index contributed by atoms with van der Waals surface area (Å²) in [5, 5.41) is 18.7. The van der Waals surface area contributed by atoms with Crippen LogP contribution in [0.2, 0.25) is 0 Å². The summed E-state index contributed by atoms with van der Waals surface area (Å²) in [6.45, 7) is 2.45. The Bertz CT molecular complexity index is 771. The number of benzene rings is 1. The molecule has 0 unspecified atom stereocenters. The number of hydrogen-bond acceptors (Lipinski definition) is 6. The Balaban J connectivity index is 2.70. The van der Waals surface area contributed by atoms with Gasteiger partial charge in [-0.25, -0.2) is 0 Å². The molecule has 2 aromatic rings. The lowest BCUT2D eigenvalue weighted by molar-refractivity contribution is 0.340. The number of hydrogen-bond donors (Lipinski definition) is 1. The maximum absolute atomic E-state index is 9.40. The predicted octanol–water partition coefficient (Wildman–Crippen LogP) is 2.48. The largest absolute Gasteiger partial charge is 0.494 e. The summed E-state index contributed by atoms with van der Waals surface area (Å²) in [5.41, 5.74) is 7.22. The van der Waals surface area contributed by atoms with Gasteiger partial charge >= 0.3 is 0 Å². The highest BCUT2D eigenvalue weighted by Gasteiger charge is 2.20. The molecule has 1 heterocycles. The van der Waals surface area contributed by atoms with Crippen LogP contribution in [-0.2, 0) is 0 Å². The minimum Gasteiger partial charge on any atom is -0.494 e. The van der Waals surface area contributed by atoms with Crippen molar-refractivity contribution in [1.29, 1.82) is 10.5 Å². The maximum Gasteiger partial charge on any atom is 0.234 e. The van der Waals surface area contributed by atoms with Crippen molar-refractivity contribution in [3.63, 3.8) is 0 Å². The Labute approximate surface area is 128 Å². The third-order valence-electron chi connectivity index (χ3n) is 3.06. The van der Waals surface area contributed by atoms with Crippen molar-refractivity contribution in [2.75, 3.05) is 19.5 Å². The van der Waals surface area contributed by atoms with Crippen molar-refractivity contribution in [2.24, 2.45) is 0 Å². The van der Waals surface area contributed by atoms with Gasteiger partial charge in [-0.15, -0.1) is 0 Å². The number of nitrogen functional groups attached to an aromatic ring is 1. The monoisotopic (exact) mass is 294 g/mol. The lowest BCUT2D eigenvalue weighted by Crippen LogP contribution is -2.04. The molecule has 0 saturated heterocycles. The van der Waals surface area contributed by atoms with E-state index < -0.39 is 0 Å². The average molecular weight is 294 g/mol. The zero-order valence-corrected chi connectivity index (χ0v) is 12.3. The van der Waals surface area contributed by atoms with Crippen LogP contribution in [0.3, 0.4) is 0 Å². The topological polar surface area (TPSA) is 105 Å². The van der Waals surface area contributed by atoms with Crippen LogP contribution in [0.1, 0.15) is 18.1 Å². The number of methoxy groups -OCH3 is 1. The van der Waals surface area contributed by atoms with E-state index in [1.807, 2.05) is 19.1 Å². The first-order valence-electron chi connectivity index (χ1n) is 6.57. The van der Waals surface area contributed by atoms with Gasteiger partial charge < -0.3 is 15.2 Å². The quantitative estimate of drug-likeness (QED) is 0.928. The molecule has 1 aromatic carbocycles. The van der Waals surface area contributed by atoms with Crippen molar-refractivity contribution in [3.05, 3.63) is 35.4 Å². The van der Waals surface area contributed by atoms with Gasteiger partial charge in [0, 0.05) is 5.56 Å². The van der Waals surface area contributed by atoms with Crippen molar-refractivity contribution in [1.82, 2.24) is 4.98 Å². The van der Waals surface area contributed by atoms with Gasteiger partial charge in [-0.3, -0.25) is 0 Å². The molecule has 2 rings (SSSR count). The van der Waals surface area contributed by atoms with Crippen molar-refractivity contribution in [2.45, 2.75) is 6.92 Å². The Morgan fingerprint density at radius 1 is 1.14 bits per heavy atom. The van der Waals surface area contributed by atoms with Crippen LogP contribution in [0, 0.1) is 22.7 Å². The standard InChI is InChI=1S/C16H14N4O2/c1-3-22-11-6-4-10(5-7-11)14-12(8-17)15(19)20-16(21-2)13(14)9-18/h4-7H,3H2,1-2H3,(H2,19,20). The highest BCUT2D eigenvalue weighted by Crippen LogP contribution is 2.35. The highest BCUT2D eigenvalue weighted by atomic mass is 16.5. The zero-order valence-electron chi connectivity index (χ0n) is 12.3. The van der Waals surface area contributed by atoms with E-state index in [1.165, 1.54) is 7.11 Å². The molecule has 0 fully saturated rings. The molecule has 6 nitrogen and oxygen atoms in total.